The molecule has 0 aromatic heterocycles. The summed E-state index contributed by atoms with van der Waals surface area (Å²) in [4.78, 5) is 12.5. The summed E-state index contributed by atoms with van der Waals surface area (Å²) in [6.07, 6.45) is 2.38. The molecule has 3 aromatic rings. The van der Waals surface area contributed by atoms with Crippen LogP contribution >= 0.6 is 27.5 Å². The Morgan fingerprint density at radius 3 is 2.52 bits per heavy atom. The molecule has 1 N–H and O–H groups in total. The monoisotopic (exact) mass is 464 g/mol. The van der Waals surface area contributed by atoms with E-state index in [1.165, 1.54) is 5.56 Å². The molecule has 0 heterocycles. The fraction of sp³-hybridized carbons (Fsp3) is 0.0833. The Hall–Kier alpha value is -2.87. The lowest BCUT2D eigenvalue weighted by atomic mass is 10.0. The summed E-state index contributed by atoms with van der Waals surface area (Å²) in [5, 5.41) is 12.7. The zero-order valence-electron chi connectivity index (χ0n) is 15.7. The van der Waals surface area contributed by atoms with Crippen LogP contribution in [0.5, 0.6) is 0 Å². The molecule has 0 aliphatic carbocycles. The number of amides is 1. The van der Waals surface area contributed by atoms with Crippen LogP contribution in [0.1, 0.15) is 22.3 Å². The Balaban J connectivity index is 1.75. The van der Waals surface area contributed by atoms with Crippen LogP contribution in [0.4, 0.5) is 5.69 Å². The second-order valence-corrected chi connectivity index (χ2v) is 7.81. The van der Waals surface area contributed by atoms with Crippen LogP contribution in [0, 0.1) is 18.3 Å². The van der Waals surface area contributed by atoms with Gasteiger partial charge in [-0.3, -0.25) is 4.79 Å². The molecule has 3 rings (SSSR count). The molecular formula is C24H18BrClN2O. The van der Waals surface area contributed by atoms with Crippen molar-refractivity contribution >= 4 is 45.2 Å². The van der Waals surface area contributed by atoms with Crippen LogP contribution in [0.3, 0.4) is 0 Å². The van der Waals surface area contributed by atoms with Crippen LogP contribution in [-0.4, -0.2) is 5.91 Å². The van der Waals surface area contributed by atoms with E-state index in [1.807, 2.05) is 55.5 Å². The number of nitrogens with zero attached hydrogens (tertiary/aromatic N) is 1. The third-order valence-electron chi connectivity index (χ3n) is 4.52. The van der Waals surface area contributed by atoms with Gasteiger partial charge in [-0.25, -0.2) is 0 Å². The highest BCUT2D eigenvalue weighted by Crippen LogP contribution is 2.24. The van der Waals surface area contributed by atoms with E-state index in [-0.39, 0.29) is 5.57 Å². The molecule has 0 spiro atoms. The van der Waals surface area contributed by atoms with Crippen molar-refractivity contribution in [3.63, 3.8) is 0 Å². The molecule has 0 bridgehead atoms. The molecule has 1 amide bonds. The molecule has 0 fully saturated rings. The summed E-state index contributed by atoms with van der Waals surface area (Å²) in [5.41, 5.74) is 4.51. The highest BCUT2D eigenvalue weighted by atomic mass is 79.9. The van der Waals surface area contributed by atoms with E-state index in [1.54, 1.807) is 24.3 Å². The van der Waals surface area contributed by atoms with E-state index in [9.17, 15) is 10.1 Å². The van der Waals surface area contributed by atoms with Gasteiger partial charge in [-0.1, -0.05) is 76.1 Å². The Morgan fingerprint density at radius 2 is 1.83 bits per heavy atom. The smallest absolute Gasteiger partial charge is 0.266 e. The van der Waals surface area contributed by atoms with Crippen molar-refractivity contribution in [2.45, 2.75) is 13.3 Å². The molecule has 0 atom stereocenters. The number of nitrogens with one attached hydrogen (secondary N) is 1. The molecule has 0 aliphatic rings. The quantitative estimate of drug-likeness (QED) is 0.343. The lowest BCUT2D eigenvalue weighted by Crippen LogP contribution is -2.14. The summed E-state index contributed by atoms with van der Waals surface area (Å²) in [6, 6.07) is 23.1. The van der Waals surface area contributed by atoms with Crippen molar-refractivity contribution in [2.75, 3.05) is 5.32 Å². The Labute approximate surface area is 183 Å². The van der Waals surface area contributed by atoms with E-state index < -0.39 is 5.91 Å². The van der Waals surface area contributed by atoms with Crippen molar-refractivity contribution in [1.29, 1.82) is 5.26 Å². The summed E-state index contributed by atoms with van der Waals surface area (Å²) >= 11 is 9.65. The third-order valence-corrected chi connectivity index (χ3v) is 5.71. The van der Waals surface area contributed by atoms with Gasteiger partial charge in [0.2, 0.25) is 0 Å². The number of nitriles is 1. The van der Waals surface area contributed by atoms with Crippen molar-refractivity contribution in [3.8, 4) is 6.07 Å². The summed E-state index contributed by atoms with van der Waals surface area (Å²) in [7, 11) is 0. The number of hydrogen-bond acceptors (Lipinski definition) is 2. The van der Waals surface area contributed by atoms with Crippen LogP contribution < -0.4 is 5.32 Å². The molecule has 3 aromatic carbocycles. The largest absolute Gasteiger partial charge is 0.321 e. The number of carbonyl (C=O) groups excluding carboxylic acids is 1. The number of anilines is 1. The first-order valence-electron chi connectivity index (χ1n) is 8.98. The predicted molar refractivity (Wildman–Crippen MR) is 122 cm³/mol. The Kier molecular flexibility index (Phi) is 6.87. The fourth-order valence-corrected chi connectivity index (χ4v) is 3.44. The standard InChI is InChI=1S/C24H18BrClN2O/c1-16-22(26)7-4-8-23(16)28-24(29)20(15-27)14-18-11-9-17(10-12-18)13-19-5-2-3-6-21(19)25/h2-12,14H,13H2,1H3,(H,28,29)/b20-14+. The van der Waals surface area contributed by atoms with Gasteiger partial charge in [-0.2, -0.15) is 5.26 Å². The summed E-state index contributed by atoms with van der Waals surface area (Å²) < 4.78 is 1.07. The van der Waals surface area contributed by atoms with Crippen LogP contribution in [0.2, 0.25) is 5.02 Å². The molecule has 3 nitrogen and oxygen atoms in total. The van der Waals surface area contributed by atoms with Gasteiger partial charge in [-0.15, -0.1) is 0 Å². The van der Waals surface area contributed by atoms with Gasteiger partial charge in [0.05, 0.1) is 0 Å². The van der Waals surface area contributed by atoms with Crippen LogP contribution in [0.15, 0.2) is 76.8 Å². The topological polar surface area (TPSA) is 52.9 Å². The van der Waals surface area contributed by atoms with Crippen molar-refractivity contribution in [3.05, 3.63) is 104 Å². The predicted octanol–water partition coefficient (Wildman–Crippen LogP) is 6.55. The van der Waals surface area contributed by atoms with Gasteiger partial charge in [0.1, 0.15) is 11.6 Å². The normalized spacial score (nSPS) is 11.0. The molecule has 5 heteroatoms. The second kappa shape index (κ2) is 9.56. The third kappa shape index (κ3) is 5.35. The highest BCUT2D eigenvalue weighted by Gasteiger charge is 2.12. The van der Waals surface area contributed by atoms with Crippen molar-refractivity contribution in [1.82, 2.24) is 0 Å². The minimum atomic E-state index is -0.463. The van der Waals surface area contributed by atoms with E-state index >= 15 is 0 Å². The lowest BCUT2D eigenvalue weighted by molar-refractivity contribution is -0.112. The molecule has 0 radical (unpaired) electrons. The number of halogens is 2. The molecule has 0 unspecified atom stereocenters. The molecule has 29 heavy (non-hydrogen) atoms. The second-order valence-electron chi connectivity index (χ2n) is 6.55. The Morgan fingerprint density at radius 1 is 1.10 bits per heavy atom. The van der Waals surface area contributed by atoms with Gasteiger partial charge in [0.25, 0.3) is 5.91 Å². The van der Waals surface area contributed by atoms with E-state index in [0.717, 1.165) is 27.6 Å². The number of rotatable bonds is 5. The van der Waals surface area contributed by atoms with Crippen molar-refractivity contribution < 1.29 is 4.79 Å². The molecule has 0 saturated heterocycles. The van der Waals surface area contributed by atoms with E-state index in [4.69, 9.17) is 11.6 Å². The summed E-state index contributed by atoms with van der Waals surface area (Å²) in [5.74, 6) is -0.463. The van der Waals surface area contributed by atoms with Crippen molar-refractivity contribution in [2.24, 2.45) is 0 Å². The average molecular weight is 466 g/mol. The van der Waals surface area contributed by atoms with Crippen LogP contribution in [-0.2, 0) is 11.2 Å². The Bertz CT molecular complexity index is 1110. The SMILES string of the molecule is Cc1c(Cl)cccc1NC(=O)/C(C#N)=C/c1ccc(Cc2ccccc2Br)cc1. The van der Waals surface area contributed by atoms with Gasteiger partial charge in [0, 0.05) is 15.2 Å². The van der Waals surface area contributed by atoms with Crippen LogP contribution in [0.25, 0.3) is 6.08 Å². The molecule has 0 saturated carbocycles. The zero-order chi connectivity index (χ0) is 20.8. The number of hydrogen-bond donors (Lipinski definition) is 1. The maximum Gasteiger partial charge on any atom is 0.266 e. The highest BCUT2D eigenvalue weighted by molar-refractivity contribution is 9.10. The first-order chi connectivity index (χ1) is 14.0. The summed E-state index contributed by atoms with van der Waals surface area (Å²) in [6.45, 7) is 1.82. The van der Waals surface area contributed by atoms with E-state index in [2.05, 4.69) is 27.3 Å². The van der Waals surface area contributed by atoms with Gasteiger partial charge >= 0.3 is 0 Å². The lowest BCUT2D eigenvalue weighted by Gasteiger charge is -2.09. The maximum atomic E-state index is 12.5. The minimum absolute atomic E-state index is 0.0305. The average Bonchev–Trinajstić information content (AvgIpc) is 2.72. The number of benzene rings is 3. The fourth-order valence-electron chi connectivity index (χ4n) is 2.84. The van der Waals surface area contributed by atoms with E-state index in [0.29, 0.717) is 10.7 Å². The molecule has 0 aliphatic heterocycles. The first kappa shape index (κ1) is 20.9. The maximum absolute atomic E-state index is 12.5. The van der Waals surface area contributed by atoms with Gasteiger partial charge < -0.3 is 5.32 Å². The minimum Gasteiger partial charge on any atom is -0.321 e. The van der Waals surface area contributed by atoms with Gasteiger partial charge in [-0.05, 0) is 59.9 Å². The first-order valence-corrected chi connectivity index (χ1v) is 10.2. The molecular weight excluding hydrogens is 448 g/mol. The molecule has 144 valence electrons. The number of carbonyl (C=O) groups is 1. The zero-order valence-corrected chi connectivity index (χ0v) is 18.1. The van der Waals surface area contributed by atoms with Gasteiger partial charge in [0.15, 0.2) is 0 Å².